The number of carboxylic acid groups (broad SMARTS) is 4. The Kier molecular flexibility index (Phi) is 37.5. The number of ether oxygens (including phenoxy) is 19. The van der Waals surface area contributed by atoms with Gasteiger partial charge in [-0.2, -0.15) is 0 Å². The third kappa shape index (κ3) is 23.5. The summed E-state index contributed by atoms with van der Waals surface area (Å²) >= 11 is 0. The minimum Gasteiger partial charge on any atom is -0.479 e. The van der Waals surface area contributed by atoms with Crippen LogP contribution in [-0.4, -0.2) is 584 Å². The monoisotopic (exact) mass is 1950 g/mol. The Hall–Kier alpha value is -4.05. The van der Waals surface area contributed by atoms with Crippen LogP contribution in [0.1, 0.15) is 12.8 Å². The number of phosphoric acid groups is 1. The highest BCUT2D eigenvalue weighted by molar-refractivity contribution is 7.46. The van der Waals surface area contributed by atoms with Gasteiger partial charge in [-0.05, 0) is 0 Å². The van der Waals surface area contributed by atoms with E-state index in [-0.39, 0.29) is 0 Å². The van der Waals surface area contributed by atoms with Crippen LogP contribution in [-0.2, 0) is 118 Å². The van der Waals surface area contributed by atoms with E-state index >= 15 is 0 Å². The van der Waals surface area contributed by atoms with Gasteiger partial charge in [-0.15, -0.1) is 0 Å². The Balaban J connectivity index is 1.09. The standard InChI is InChI=1S/C67H111N2O61P/c68-21-26(83)24(81)18(115-56(21)103)8-112-57-22(69)27(84)47(130-131(108,109)110)20(117-57)10-114-66(64(104)105)2-17(127-67(65(106)107)1-11(74)23(80)44(128-67)13(76)4-71)48(46(129-66)15(78)6-73)121-63-41(98)50(53(45(120-63)14(77)5-72)126-60-37(94)28(85)25(82)19(116-60)9-113-59-36(93)30(87)33(90)51(124-59)54(99)100)123-62-40(97)49(122-61-38(95)31(88)34(91)52(125-61)55(101)102)39(96)43(119-62)16(79)7-111-58-35(92)29(86)32(89)42(118-58)12(75)3-70/h11-53,56-63,70-98,103H,1-10,68-69H2,(H,99,100)(H,101,102)(H,104,105)(H,106,107)(H2,108,109,110)/t11-,12+,13-,14+,15-,16+,17-,18-,19-,20-,21-,22-,23-,24-,25-,26-,27-,28+,29+,30+,31+,32+,33-,34+,35+,36-,37-,38-,39-,40+,41+,42-,43-,44-,45-,46-,47-,48-,49+,50-,51+,52+,53-,56+,57-,58+,59-,60+,61+,62-,63-,66-,67-/m1/s1. The minimum atomic E-state index is -5.94. The molecule has 0 aromatic carbocycles. The fourth-order valence-electron chi connectivity index (χ4n) is 16.0. The highest BCUT2D eigenvalue weighted by Gasteiger charge is 2.66. The number of aliphatic hydroxyl groups is 30. The average Bonchev–Trinajstić information content (AvgIpc) is 0.743. The van der Waals surface area contributed by atoms with Gasteiger partial charge >= 0.3 is 31.7 Å². The first-order valence-electron chi connectivity index (χ1n) is 39.9. The van der Waals surface area contributed by atoms with Crippen molar-refractivity contribution in [1.29, 1.82) is 0 Å². The van der Waals surface area contributed by atoms with Gasteiger partial charge in [0.1, 0.15) is 226 Å². The van der Waals surface area contributed by atoms with Gasteiger partial charge in [0.15, 0.2) is 62.5 Å². The van der Waals surface area contributed by atoms with Crippen LogP contribution in [0.25, 0.3) is 0 Å². The van der Waals surface area contributed by atoms with Crippen LogP contribution in [0, 0.1) is 0 Å². The number of phosphoric ester groups is 1. The van der Waals surface area contributed by atoms with Gasteiger partial charge in [0, 0.05) is 12.8 Å². The Morgan fingerprint density at radius 2 is 0.763 bits per heavy atom. The molecule has 0 unspecified atom stereocenters. The molecule has 10 aliphatic rings. The fourth-order valence-corrected chi connectivity index (χ4v) is 16.6. The third-order valence-electron chi connectivity index (χ3n) is 23.4. The van der Waals surface area contributed by atoms with E-state index in [1.54, 1.807) is 0 Å². The third-order valence-corrected chi connectivity index (χ3v) is 23.9. The van der Waals surface area contributed by atoms with E-state index in [1.807, 2.05) is 0 Å². The molecule has 10 saturated heterocycles. The van der Waals surface area contributed by atoms with Crippen LogP contribution in [0.3, 0.4) is 0 Å². The zero-order chi connectivity index (χ0) is 97.5. The van der Waals surface area contributed by atoms with Crippen molar-refractivity contribution >= 4 is 31.7 Å². The van der Waals surface area contributed by atoms with Crippen molar-refractivity contribution in [3.05, 3.63) is 0 Å². The lowest BCUT2D eigenvalue weighted by Gasteiger charge is -2.53. The predicted molar refractivity (Wildman–Crippen MR) is 386 cm³/mol. The van der Waals surface area contributed by atoms with E-state index in [1.165, 1.54) is 0 Å². The van der Waals surface area contributed by atoms with E-state index in [0.717, 1.165) is 0 Å². The van der Waals surface area contributed by atoms with E-state index in [9.17, 15) is 207 Å². The summed E-state index contributed by atoms with van der Waals surface area (Å²) in [5, 5.41) is 377. The summed E-state index contributed by atoms with van der Waals surface area (Å²) in [4.78, 5) is 73.0. The molecule has 0 radical (unpaired) electrons. The first-order valence-corrected chi connectivity index (χ1v) is 41.5. The van der Waals surface area contributed by atoms with Crippen molar-refractivity contribution in [2.24, 2.45) is 11.5 Å². The normalized spacial score (nSPS) is 48.6. The molecule has 0 aliphatic carbocycles. The lowest BCUT2D eigenvalue weighted by Crippen LogP contribution is -2.71. The Morgan fingerprint density at radius 3 is 1.31 bits per heavy atom. The molecule has 0 spiro atoms. The van der Waals surface area contributed by atoms with Crippen LogP contribution in [0.2, 0.25) is 0 Å². The predicted octanol–water partition coefficient (Wildman–Crippen LogP) is -24.8. The first-order chi connectivity index (χ1) is 61.2. The minimum absolute atomic E-state index is 0.998. The summed E-state index contributed by atoms with van der Waals surface area (Å²) in [5.41, 5.74) is 11.8. The molecule has 63 nitrogen and oxygen atoms in total. The molecule has 53 atom stereocenters. The summed E-state index contributed by atoms with van der Waals surface area (Å²) in [6, 6.07) is -3.67. The van der Waals surface area contributed by atoms with Crippen molar-refractivity contribution in [3.8, 4) is 0 Å². The summed E-state index contributed by atoms with van der Waals surface area (Å²) in [6.45, 7) is -11.5. The van der Waals surface area contributed by atoms with Gasteiger partial charge in [-0.25, -0.2) is 23.7 Å². The smallest absolute Gasteiger partial charge is 0.470 e. The maximum absolute atomic E-state index is 14.3. The second kappa shape index (κ2) is 45.0. The van der Waals surface area contributed by atoms with Gasteiger partial charge in [0.2, 0.25) is 0 Å². The molecule has 131 heavy (non-hydrogen) atoms. The number of carboxylic acids is 4. The van der Waals surface area contributed by atoms with Crippen molar-refractivity contribution in [1.82, 2.24) is 0 Å². The topological polar surface area (TPSA) is 1050 Å². The second-order valence-electron chi connectivity index (χ2n) is 32.3. The van der Waals surface area contributed by atoms with E-state index < -0.39 is 422 Å². The zero-order valence-electron chi connectivity index (χ0n) is 67.4. The Bertz CT molecular complexity index is 3710. The van der Waals surface area contributed by atoms with Gasteiger partial charge in [-0.1, -0.05) is 0 Å². The van der Waals surface area contributed by atoms with Crippen LogP contribution >= 0.6 is 7.82 Å². The van der Waals surface area contributed by atoms with Gasteiger partial charge in [0.05, 0.1) is 77.1 Å². The molecule has 10 aliphatic heterocycles. The summed E-state index contributed by atoms with van der Waals surface area (Å²) in [6.07, 6.45) is -128. The average molecular weight is 1950 g/mol. The van der Waals surface area contributed by atoms with Gasteiger partial charge in [-0.3, -0.25) is 4.52 Å². The Labute approximate surface area is 733 Å². The molecular formula is C67H111N2O61P. The van der Waals surface area contributed by atoms with E-state index in [2.05, 4.69) is 0 Å². The van der Waals surface area contributed by atoms with Crippen molar-refractivity contribution in [3.63, 3.8) is 0 Å². The van der Waals surface area contributed by atoms with Gasteiger partial charge in [0.25, 0.3) is 11.6 Å². The SMILES string of the molecule is N[C@@H]1[C@@H](O)[C@H](O)[C@@H](CO[C@@H]2O[C@H](CO[C@]3(C(=O)O)C[C@@H](O[C@]4(C(=O)O)C[C@@H](O)[C@@H](O)[C@@H]([C@H](O)CO)O4)[C@@H](O[C@H]4O[C@H]([C@@H](O)CO)[C@@H](O[C@@H]5O[C@H](CO[C@@H]6O[C@H](C(=O)O)[C@H](O)[C@H](O)[C@H]6O)[C@@H](O)[C@H](O)[C@H]5O)[C@H](O[C@H]5O[C@H]([C@@H](O)CO[C@H]6O[C@H]([C@@H](O)CO)[C@@H](O)[C@H](O)[C@@H]6O)[C@@H](O)[C@H](O[C@H]6O[C@H](C(=O)O)[C@@H](O)[C@H](O)[C@H]6O)[C@@H]5O)[C@@H]4O)[C@@H]([C@H](O)CO)O3)[C@@H](OP(=O)(O)O)[C@H](O)[C@H]2N)O[C@@H]1O. The van der Waals surface area contributed by atoms with Crippen molar-refractivity contribution in [2.45, 2.75) is 337 Å². The van der Waals surface area contributed by atoms with Crippen LogP contribution < -0.4 is 11.5 Å². The number of nitrogens with two attached hydrogens (primary N) is 2. The first kappa shape index (κ1) is 109. The van der Waals surface area contributed by atoms with Crippen molar-refractivity contribution in [2.75, 3.05) is 52.9 Å². The van der Waals surface area contributed by atoms with E-state index in [0.29, 0.717) is 0 Å². The van der Waals surface area contributed by atoms with Crippen LogP contribution in [0.4, 0.5) is 0 Å². The van der Waals surface area contributed by atoms with Crippen LogP contribution in [0.15, 0.2) is 0 Å². The molecular weight excluding hydrogens is 1840 g/mol. The van der Waals surface area contributed by atoms with Gasteiger partial charge < -0.3 is 285 Å². The lowest BCUT2D eigenvalue weighted by atomic mass is 9.89. The molecule has 0 bridgehead atoms. The quantitative estimate of drug-likeness (QED) is 0.0257. The molecule has 10 rings (SSSR count). The van der Waals surface area contributed by atoms with E-state index in [4.69, 9.17) is 106 Å². The number of hydrogen-bond donors (Lipinski definition) is 38. The Morgan fingerprint density at radius 1 is 0.351 bits per heavy atom. The fraction of sp³-hybridized carbons (Fsp3) is 0.940. The molecule has 0 aromatic heterocycles. The molecule has 10 heterocycles. The number of aliphatic hydroxyl groups excluding tert-OH is 30. The maximum atomic E-state index is 14.3. The summed E-state index contributed by atoms with van der Waals surface area (Å²) < 4.78 is 126. The molecule has 64 heteroatoms. The molecule has 0 amide bonds. The molecule has 0 aromatic rings. The number of hydrogen-bond acceptors (Lipinski definition) is 57. The number of rotatable bonds is 37. The largest absolute Gasteiger partial charge is 0.479 e. The highest BCUT2D eigenvalue weighted by Crippen LogP contribution is 2.47. The number of aliphatic carboxylic acids is 4. The zero-order valence-corrected chi connectivity index (χ0v) is 68.3. The molecule has 0 saturated carbocycles. The summed E-state index contributed by atoms with van der Waals surface area (Å²) in [5.74, 6) is -16.7. The molecule has 10 fully saturated rings. The lowest BCUT2D eigenvalue weighted by molar-refractivity contribution is -0.418. The number of carbonyl (C=O) groups is 4. The highest BCUT2D eigenvalue weighted by atomic mass is 31.2. The van der Waals surface area contributed by atoms with Crippen LogP contribution in [0.5, 0.6) is 0 Å². The maximum Gasteiger partial charge on any atom is 0.470 e. The second-order valence-corrected chi connectivity index (χ2v) is 33.5. The summed E-state index contributed by atoms with van der Waals surface area (Å²) in [7, 11) is -5.94. The van der Waals surface area contributed by atoms with Crippen molar-refractivity contribution < 1.29 is 302 Å². The molecule has 760 valence electrons. The molecule has 40 N–H and O–H groups in total.